The molecular formula is C19H26FN3O3. The van der Waals surface area contributed by atoms with Gasteiger partial charge >= 0.3 is 0 Å². The Balaban J connectivity index is 2.12. The number of rotatable bonds is 7. The molecule has 0 heterocycles. The number of nitrogens with one attached hydrogen (secondary N) is 2. The van der Waals surface area contributed by atoms with Gasteiger partial charge in [0, 0.05) is 13.3 Å². The van der Waals surface area contributed by atoms with Gasteiger partial charge in [0.25, 0.3) is 0 Å². The molecule has 26 heavy (non-hydrogen) atoms. The minimum atomic E-state index is -0.977. The Labute approximate surface area is 152 Å². The lowest BCUT2D eigenvalue weighted by molar-refractivity contribution is -0.131. The molecule has 3 amide bonds. The highest BCUT2D eigenvalue weighted by Gasteiger charge is 2.32. The van der Waals surface area contributed by atoms with Crippen LogP contribution in [0.1, 0.15) is 44.6 Å². The summed E-state index contributed by atoms with van der Waals surface area (Å²) in [7, 11) is 0. The molecule has 1 aliphatic rings. The summed E-state index contributed by atoms with van der Waals surface area (Å²) in [4.78, 5) is 36.0. The molecule has 2 rings (SSSR count). The molecule has 0 aliphatic heterocycles. The summed E-state index contributed by atoms with van der Waals surface area (Å²) in [6.45, 7) is 1.29. The Hall–Kier alpha value is -2.44. The molecule has 1 aromatic rings. The molecule has 0 radical (unpaired) electrons. The standard InChI is InChI=1S/C19H26FN3O3/c1-12(24)22-16(11-14-9-5-6-10-15(14)20)19(26)23-17(18(21)25)13-7-3-2-4-8-13/h5-6,9-10,13,16-17H,2-4,7-8,11H2,1H3,(H2,21,25)(H,22,24)(H,23,26)/t16-,17-/m0/s1. The predicted octanol–water partition coefficient (Wildman–Crippen LogP) is 1.42. The first kappa shape index (κ1) is 19.9. The van der Waals surface area contributed by atoms with E-state index in [4.69, 9.17) is 5.73 Å². The van der Waals surface area contributed by atoms with E-state index in [1.807, 2.05) is 0 Å². The third-order valence-corrected chi connectivity index (χ3v) is 4.80. The smallest absolute Gasteiger partial charge is 0.243 e. The fourth-order valence-corrected chi connectivity index (χ4v) is 3.48. The van der Waals surface area contributed by atoms with E-state index in [0.717, 1.165) is 32.1 Å². The predicted molar refractivity (Wildman–Crippen MR) is 95.4 cm³/mol. The Bertz CT molecular complexity index is 659. The molecule has 0 unspecified atom stereocenters. The summed E-state index contributed by atoms with van der Waals surface area (Å²) in [5.74, 6) is -1.98. The van der Waals surface area contributed by atoms with Gasteiger partial charge in [-0.1, -0.05) is 37.5 Å². The van der Waals surface area contributed by atoms with Gasteiger partial charge in [-0.2, -0.15) is 0 Å². The van der Waals surface area contributed by atoms with Gasteiger partial charge in [0.1, 0.15) is 17.9 Å². The number of nitrogens with two attached hydrogens (primary N) is 1. The molecular weight excluding hydrogens is 337 g/mol. The maximum Gasteiger partial charge on any atom is 0.243 e. The molecule has 7 heteroatoms. The molecule has 142 valence electrons. The van der Waals surface area contributed by atoms with Crippen molar-refractivity contribution < 1.29 is 18.8 Å². The van der Waals surface area contributed by atoms with Gasteiger partial charge in [-0.3, -0.25) is 14.4 Å². The SMILES string of the molecule is CC(=O)N[C@@H](Cc1ccccc1F)C(=O)N[C@H](C(N)=O)C1CCCCC1. The van der Waals surface area contributed by atoms with Crippen molar-refractivity contribution >= 4 is 17.7 Å². The minimum absolute atomic E-state index is 0.00311. The van der Waals surface area contributed by atoms with Crippen LogP contribution in [0.2, 0.25) is 0 Å². The van der Waals surface area contributed by atoms with Crippen LogP contribution in [0.4, 0.5) is 4.39 Å². The van der Waals surface area contributed by atoms with Crippen LogP contribution < -0.4 is 16.4 Å². The van der Waals surface area contributed by atoms with E-state index in [1.165, 1.54) is 13.0 Å². The van der Waals surface area contributed by atoms with Crippen molar-refractivity contribution in [3.63, 3.8) is 0 Å². The Kier molecular flexibility index (Phi) is 7.12. The Morgan fingerprint density at radius 1 is 1.15 bits per heavy atom. The molecule has 0 spiro atoms. The first-order valence-corrected chi connectivity index (χ1v) is 8.98. The number of halogens is 1. The highest BCUT2D eigenvalue weighted by molar-refractivity contribution is 5.91. The van der Waals surface area contributed by atoms with Gasteiger partial charge in [-0.25, -0.2) is 4.39 Å². The quantitative estimate of drug-likeness (QED) is 0.683. The lowest BCUT2D eigenvalue weighted by atomic mass is 9.83. The second-order valence-electron chi connectivity index (χ2n) is 6.84. The molecule has 1 fully saturated rings. The zero-order chi connectivity index (χ0) is 19.1. The number of carbonyl (C=O) groups excluding carboxylic acids is 3. The van der Waals surface area contributed by atoms with Crippen LogP contribution in [0.5, 0.6) is 0 Å². The van der Waals surface area contributed by atoms with Gasteiger partial charge in [0.2, 0.25) is 17.7 Å². The lowest BCUT2D eigenvalue weighted by Crippen LogP contribution is -2.56. The van der Waals surface area contributed by atoms with Gasteiger partial charge < -0.3 is 16.4 Å². The molecule has 0 aromatic heterocycles. The normalized spacial score (nSPS) is 17.2. The molecule has 6 nitrogen and oxygen atoms in total. The van der Waals surface area contributed by atoms with Crippen LogP contribution in [0.25, 0.3) is 0 Å². The van der Waals surface area contributed by atoms with Crippen molar-refractivity contribution in [2.75, 3.05) is 0 Å². The second-order valence-corrected chi connectivity index (χ2v) is 6.84. The number of primary amides is 1. The van der Waals surface area contributed by atoms with Crippen LogP contribution in [0, 0.1) is 11.7 Å². The van der Waals surface area contributed by atoms with E-state index < -0.39 is 35.6 Å². The zero-order valence-corrected chi connectivity index (χ0v) is 15.0. The van der Waals surface area contributed by atoms with Gasteiger partial charge in [-0.05, 0) is 30.4 Å². The van der Waals surface area contributed by atoms with Crippen molar-refractivity contribution in [1.29, 1.82) is 0 Å². The Morgan fingerprint density at radius 3 is 2.38 bits per heavy atom. The average Bonchev–Trinajstić information content (AvgIpc) is 2.60. The van der Waals surface area contributed by atoms with Crippen molar-refractivity contribution in [3.8, 4) is 0 Å². The summed E-state index contributed by atoms with van der Waals surface area (Å²) in [6.07, 6.45) is 4.74. The summed E-state index contributed by atoms with van der Waals surface area (Å²) in [5.41, 5.74) is 5.81. The molecule has 1 aliphatic carbocycles. The molecule has 2 atom stereocenters. The second kappa shape index (κ2) is 9.31. The van der Waals surface area contributed by atoms with E-state index in [0.29, 0.717) is 5.56 Å². The minimum Gasteiger partial charge on any atom is -0.368 e. The highest BCUT2D eigenvalue weighted by atomic mass is 19.1. The fourth-order valence-electron chi connectivity index (χ4n) is 3.48. The zero-order valence-electron chi connectivity index (χ0n) is 15.0. The number of hydrogen-bond donors (Lipinski definition) is 3. The average molecular weight is 363 g/mol. The first-order chi connectivity index (χ1) is 12.4. The third kappa shape index (κ3) is 5.54. The van der Waals surface area contributed by atoms with Gasteiger partial charge in [-0.15, -0.1) is 0 Å². The lowest BCUT2D eigenvalue weighted by Gasteiger charge is -2.30. The van der Waals surface area contributed by atoms with Crippen molar-refractivity contribution in [2.24, 2.45) is 11.7 Å². The molecule has 1 aromatic carbocycles. The monoisotopic (exact) mass is 363 g/mol. The third-order valence-electron chi connectivity index (χ3n) is 4.80. The van der Waals surface area contributed by atoms with Crippen LogP contribution in [0.15, 0.2) is 24.3 Å². The topological polar surface area (TPSA) is 101 Å². The number of hydrogen-bond acceptors (Lipinski definition) is 3. The molecule has 1 saturated carbocycles. The van der Waals surface area contributed by atoms with Crippen LogP contribution in [-0.2, 0) is 20.8 Å². The van der Waals surface area contributed by atoms with Gasteiger partial charge in [0.05, 0.1) is 0 Å². The summed E-state index contributed by atoms with van der Waals surface area (Å²) < 4.78 is 13.9. The van der Waals surface area contributed by atoms with E-state index in [-0.39, 0.29) is 12.3 Å². The van der Waals surface area contributed by atoms with Crippen LogP contribution in [-0.4, -0.2) is 29.8 Å². The van der Waals surface area contributed by atoms with Crippen LogP contribution in [0.3, 0.4) is 0 Å². The van der Waals surface area contributed by atoms with Crippen molar-refractivity contribution in [2.45, 2.75) is 57.5 Å². The molecule has 4 N–H and O–H groups in total. The highest BCUT2D eigenvalue weighted by Crippen LogP contribution is 2.26. The van der Waals surface area contributed by atoms with Crippen LogP contribution >= 0.6 is 0 Å². The fraction of sp³-hybridized carbons (Fsp3) is 0.526. The molecule has 0 saturated heterocycles. The maximum absolute atomic E-state index is 13.9. The largest absolute Gasteiger partial charge is 0.368 e. The van der Waals surface area contributed by atoms with E-state index >= 15 is 0 Å². The van der Waals surface area contributed by atoms with Gasteiger partial charge in [0.15, 0.2) is 0 Å². The van der Waals surface area contributed by atoms with E-state index in [2.05, 4.69) is 10.6 Å². The first-order valence-electron chi connectivity index (χ1n) is 8.98. The summed E-state index contributed by atoms with van der Waals surface area (Å²) >= 11 is 0. The number of amides is 3. The summed E-state index contributed by atoms with van der Waals surface area (Å²) in [5, 5.41) is 5.21. The maximum atomic E-state index is 13.9. The Morgan fingerprint density at radius 2 is 1.81 bits per heavy atom. The van der Waals surface area contributed by atoms with Crippen molar-refractivity contribution in [3.05, 3.63) is 35.6 Å². The van der Waals surface area contributed by atoms with Crippen molar-refractivity contribution in [1.82, 2.24) is 10.6 Å². The summed E-state index contributed by atoms with van der Waals surface area (Å²) in [6, 6.07) is 4.32. The van der Waals surface area contributed by atoms with E-state index in [1.54, 1.807) is 18.2 Å². The van der Waals surface area contributed by atoms with E-state index in [9.17, 15) is 18.8 Å². The number of carbonyl (C=O) groups is 3. The number of benzene rings is 1. The molecule has 0 bridgehead atoms.